The van der Waals surface area contributed by atoms with Gasteiger partial charge in [-0.15, -0.1) is 0 Å². The summed E-state index contributed by atoms with van der Waals surface area (Å²) in [6.07, 6.45) is 0. The summed E-state index contributed by atoms with van der Waals surface area (Å²) in [5.41, 5.74) is 1.05. The summed E-state index contributed by atoms with van der Waals surface area (Å²) < 4.78 is 10.9. The summed E-state index contributed by atoms with van der Waals surface area (Å²) in [5.74, 6) is -1.03. The van der Waals surface area contributed by atoms with Crippen molar-refractivity contribution in [2.75, 3.05) is 7.11 Å². The summed E-state index contributed by atoms with van der Waals surface area (Å²) in [7, 11) is 1.28. The van der Waals surface area contributed by atoms with E-state index in [9.17, 15) is 9.59 Å². The molecule has 0 spiro atoms. The van der Waals surface area contributed by atoms with Gasteiger partial charge in [-0.3, -0.25) is 4.57 Å². The Hall–Kier alpha value is -2.04. The summed E-state index contributed by atoms with van der Waals surface area (Å²) >= 11 is 0. The van der Waals surface area contributed by atoms with Crippen molar-refractivity contribution in [1.82, 2.24) is 4.57 Å². The predicted molar refractivity (Wildman–Crippen MR) is 57.2 cm³/mol. The Bertz CT molecular complexity index is 581. The van der Waals surface area contributed by atoms with Crippen LogP contribution in [0.4, 0.5) is 0 Å². The molecule has 1 aromatic carbocycles. The van der Waals surface area contributed by atoms with Gasteiger partial charge in [-0.2, -0.15) is 0 Å². The van der Waals surface area contributed by atoms with Crippen LogP contribution in [0.1, 0.15) is 13.0 Å². The van der Waals surface area contributed by atoms with E-state index in [4.69, 9.17) is 4.42 Å². The van der Waals surface area contributed by atoms with E-state index in [2.05, 4.69) is 4.74 Å². The number of fused-ring (bicyclic) bond motifs is 1. The smallest absolute Gasteiger partial charge is 0.420 e. The van der Waals surface area contributed by atoms with Crippen LogP contribution in [0, 0.1) is 0 Å². The number of esters is 1. The van der Waals surface area contributed by atoms with Crippen LogP contribution in [-0.2, 0) is 9.53 Å². The highest BCUT2D eigenvalue weighted by atomic mass is 16.5. The zero-order chi connectivity index (χ0) is 11.7. The lowest BCUT2D eigenvalue weighted by Crippen LogP contribution is -2.25. The van der Waals surface area contributed by atoms with Crippen molar-refractivity contribution in [3.05, 3.63) is 34.8 Å². The maximum absolute atomic E-state index is 11.6. The molecule has 2 rings (SSSR count). The quantitative estimate of drug-likeness (QED) is 0.718. The molecule has 0 amide bonds. The summed E-state index contributed by atoms with van der Waals surface area (Å²) in [5, 5.41) is 0. The third kappa shape index (κ3) is 1.50. The minimum atomic E-state index is -0.693. The van der Waals surface area contributed by atoms with Crippen molar-refractivity contribution in [3.63, 3.8) is 0 Å². The summed E-state index contributed by atoms with van der Waals surface area (Å²) in [6.45, 7) is 1.59. The van der Waals surface area contributed by atoms with Crippen LogP contribution in [0.5, 0.6) is 0 Å². The molecule has 0 bridgehead atoms. The van der Waals surface area contributed by atoms with Crippen molar-refractivity contribution in [2.45, 2.75) is 13.0 Å². The third-order valence-corrected chi connectivity index (χ3v) is 2.45. The van der Waals surface area contributed by atoms with Gasteiger partial charge in [0, 0.05) is 0 Å². The van der Waals surface area contributed by atoms with Crippen molar-refractivity contribution in [1.29, 1.82) is 0 Å². The Morgan fingerprint density at radius 2 is 2.12 bits per heavy atom. The van der Waals surface area contributed by atoms with E-state index in [0.29, 0.717) is 11.1 Å². The average molecular weight is 221 g/mol. The summed E-state index contributed by atoms with van der Waals surface area (Å²) in [6, 6.07) is 6.24. The number of para-hydroxylation sites is 2. The normalized spacial score (nSPS) is 12.6. The molecule has 5 nitrogen and oxygen atoms in total. The predicted octanol–water partition coefficient (Wildman–Crippen LogP) is 1.33. The Kier molecular flexibility index (Phi) is 2.52. The molecule has 1 atom stereocenters. The van der Waals surface area contributed by atoms with Crippen molar-refractivity contribution < 1.29 is 13.9 Å². The van der Waals surface area contributed by atoms with Gasteiger partial charge < -0.3 is 9.15 Å². The standard InChI is InChI=1S/C11H11NO4/c1-7(10(13)15-2)12-8-5-3-4-6-9(8)16-11(12)14/h3-7H,1-2H3. The van der Waals surface area contributed by atoms with Crippen LogP contribution in [0.2, 0.25) is 0 Å². The number of aromatic nitrogens is 1. The second kappa shape index (κ2) is 3.84. The molecule has 5 heteroatoms. The molecule has 16 heavy (non-hydrogen) atoms. The molecule has 2 aromatic rings. The summed E-state index contributed by atoms with van der Waals surface area (Å²) in [4.78, 5) is 23.0. The zero-order valence-electron chi connectivity index (χ0n) is 8.97. The highest BCUT2D eigenvalue weighted by Gasteiger charge is 2.21. The zero-order valence-corrected chi connectivity index (χ0v) is 8.97. The van der Waals surface area contributed by atoms with Gasteiger partial charge in [-0.05, 0) is 19.1 Å². The lowest BCUT2D eigenvalue weighted by atomic mass is 10.3. The minimum Gasteiger partial charge on any atom is -0.467 e. The van der Waals surface area contributed by atoms with Gasteiger partial charge >= 0.3 is 11.7 Å². The molecular weight excluding hydrogens is 210 g/mol. The van der Waals surface area contributed by atoms with Crippen molar-refractivity contribution >= 4 is 17.1 Å². The fourth-order valence-corrected chi connectivity index (χ4v) is 1.63. The molecule has 0 saturated heterocycles. The maximum Gasteiger partial charge on any atom is 0.420 e. The largest absolute Gasteiger partial charge is 0.467 e. The number of oxazole rings is 1. The molecule has 1 unspecified atom stereocenters. The van der Waals surface area contributed by atoms with Gasteiger partial charge in [0.1, 0.15) is 6.04 Å². The first-order chi connectivity index (χ1) is 7.65. The SMILES string of the molecule is COC(=O)C(C)n1c(=O)oc2ccccc21. The maximum atomic E-state index is 11.6. The number of ether oxygens (including phenoxy) is 1. The monoisotopic (exact) mass is 221 g/mol. The molecule has 0 saturated carbocycles. The van der Waals surface area contributed by atoms with E-state index in [0.717, 1.165) is 0 Å². The second-order valence-electron chi connectivity index (χ2n) is 3.40. The molecular formula is C11H11NO4. The van der Waals surface area contributed by atoms with Crippen LogP contribution in [-0.4, -0.2) is 17.6 Å². The van der Waals surface area contributed by atoms with Gasteiger partial charge in [0.15, 0.2) is 5.58 Å². The van der Waals surface area contributed by atoms with Gasteiger partial charge in [-0.1, -0.05) is 12.1 Å². The fraction of sp³-hybridized carbons (Fsp3) is 0.273. The number of carbonyl (C=O) groups excluding carboxylic acids is 1. The number of benzene rings is 1. The van der Waals surface area contributed by atoms with E-state index in [1.807, 2.05) is 0 Å². The van der Waals surface area contributed by atoms with E-state index in [1.54, 1.807) is 31.2 Å². The molecule has 0 aliphatic heterocycles. The molecule has 0 N–H and O–H groups in total. The van der Waals surface area contributed by atoms with Crippen LogP contribution in [0.25, 0.3) is 11.1 Å². The van der Waals surface area contributed by atoms with E-state index in [-0.39, 0.29) is 0 Å². The number of rotatable bonds is 2. The highest BCUT2D eigenvalue weighted by molar-refractivity contribution is 5.78. The number of hydrogen-bond acceptors (Lipinski definition) is 4. The average Bonchev–Trinajstić information content (AvgIpc) is 2.63. The second-order valence-corrected chi connectivity index (χ2v) is 3.40. The van der Waals surface area contributed by atoms with Gasteiger partial charge in [0.25, 0.3) is 0 Å². The molecule has 0 fully saturated rings. The first-order valence-corrected chi connectivity index (χ1v) is 4.83. The van der Waals surface area contributed by atoms with Gasteiger partial charge in [0.05, 0.1) is 12.6 Å². The van der Waals surface area contributed by atoms with Crippen LogP contribution < -0.4 is 5.76 Å². The Labute approximate surface area is 91.2 Å². The first kappa shape index (κ1) is 10.5. The van der Waals surface area contributed by atoms with Crippen molar-refractivity contribution in [2.24, 2.45) is 0 Å². The number of hydrogen-bond donors (Lipinski definition) is 0. The van der Waals surface area contributed by atoms with E-state index in [1.165, 1.54) is 11.7 Å². The van der Waals surface area contributed by atoms with Crippen LogP contribution in [0.15, 0.2) is 33.5 Å². The Balaban J connectivity index is 2.64. The number of carbonyl (C=O) groups is 1. The topological polar surface area (TPSA) is 61.4 Å². The fourth-order valence-electron chi connectivity index (χ4n) is 1.63. The van der Waals surface area contributed by atoms with E-state index >= 15 is 0 Å². The van der Waals surface area contributed by atoms with Gasteiger partial charge in [0.2, 0.25) is 0 Å². The lowest BCUT2D eigenvalue weighted by Gasteiger charge is -2.09. The lowest BCUT2D eigenvalue weighted by molar-refractivity contribution is -0.144. The van der Waals surface area contributed by atoms with Crippen LogP contribution in [0.3, 0.4) is 0 Å². The molecule has 0 aliphatic rings. The Morgan fingerprint density at radius 1 is 1.44 bits per heavy atom. The van der Waals surface area contributed by atoms with Crippen LogP contribution >= 0.6 is 0 Å². The Morgan fingerprint density at radius 3 is 2.81 bits per heavy atom. The van der Waals surface area contributed by atoms with Crippen molar-refractivity contribution in [3.8, 4) is 0 Å². The minimum absolute atomic E-state index is 0.461. The molecule has 0 radical (unpaired) electrons. The number of nitrogens with zero attached hydrogens (tertiary/aromatic N) is 1. The molecule has 1 heterocycles. The molecule has 84 valence electrons. The first-order valence-electron chi connectivity index (χ1n) is 4.83. The van der Waals surface area contributed by atoms with E-state index < -0.39 is 17.8 Å². The highest BCUT2D eigenvalue weighted by Crippen LogP contribution is 2.16. The molecule has 1 aromatic heterocycles. The third-order valence-electron chi connectivity index (χ3n) is 2.45. The number of methoxy groups -OCH3 is 1. The molecule has 0 aliphatic carbocycles. The van der Waals surface area contributed by atoms with Gasteiger partial charge in [-0.25, -0.2) is 9.59 Å².